The van der Waals surface area contributed by atoms with Crippen molar-refractivity contribution in [3.8, 4) is 0 Å². The second-order valence-corrected chi connectivity index (χ2v) is 0.493. The molecule has 0 aromatic carbocycles. The predicted octanol–water partition coefficient (Wildman–Crippen LogP) is -0.475. The van der Waals surface area contributed by atoms with Gasteiger partial charge < -0.3 is 10.8 Å². The monoisotopic (exact) mass is 75.1 g/mol. The summed E-state index contributed by atoms with van der Waals surface area (Å²) in [5.41, 5.74) is 0. The summed E-state index contributed by atoms with van der Waals surface area (Å²) in [5, 5.41) is 2.69. The van der Waals surface area contributed by atoms with Crippen molar-refractivity contribution >= 4 is 0 Å². The van der Waals surface area contributed by atoms with Crippen LogP contribution in [0.1, 0.15) is 0 Å². The highest BCUT2D eigenvalue weighted by Crippen LogP contribution is 1.32. The van der Waals surface area contributed by atoms with E-state index in [1.54, 1.807) is 6.20 Å². The molecule has 0 spiro atoms. The molecule has 0 aliphatic rings. The highest BCUT2D eigenvalue weighted by atomic mass is 16.0. The Morgan fingerprint density at radius 1 is 1.80 bits per heavy atom. The summed E-state index contributed by atoms with van der Waals surface area (Å²) in [4.78, 5) is 0. The molecule has 0 heterocycles. The molecule has 2 nitrogen and oxygen atoms in total. The van der Waals surface area contributed by atoms with Crippen LogP contribution in [0.3, 0.4) is 0 Å². The second-order valence-electron chi connectivity index (χ2n) is 0.493. The van der Waals surface area contributed by atoms with Crippen molar-refractivity contribution in [1.29, 1.82) is 0 Å². The molecule has 0 saturated carbocycles. The summed E-state index contributed by atoms with van der Waals surface area (Å²) in [6, 6.07) is 0. The Bertz CT molecular complexity index is 20.9. The van der Waals surface area contributed by atoms with E-state index < -0.39 is 0 Å². The van der Waals surface area contributed by atoms with Crippen LogP contribution in [-0.4, -0.2) is 12.5 Å². The van der Waals surface area contributed by atoms with Crippen molar-refractivity contribution in [2.24, 2.45) is 0 Å². The van der Waals surface area contributed by atoms with Gasteiger partial charge in [-0.2, -0.15) is 0 Å². The van der Waals surface area contributed by atoms with Crippen molar-refractivity contribution in [1.82, 2.24) is 5.32 Å². The molecule has 0 amide bonds. The molecular formula is C3H9NO. The van der Waals surface area contributed by atoms with E-state index in [9.17, 15) is 0 Å². The third-order valence-electron chi connectivity index (χ3n) is 0.204. The fourth-order valence-electron chi connectivity index (χ4n) is 0. The molecule has 0 bridgehead atoms. The molecule has 2 heteroatoms. The van der Waals surface area contributed by atoms with Crippen molar-refractivity contribution in [2.75, 3.05) is 7.05 Å². The summed E-state index contributed by atoms with van der Waals surface area (Å²) in [6.45, 7) is 3.37. The standard InChI is InChI=1S/C3H7N.H2O/c1-3-4-2;/h3-4H,1H2,2H3;1H2. The molecule has 0 fully saturated rings. The maximum atomic E-state index is 3.37. The first kappa shape index (κ1) is 8.82. The van der Waals surface area contributed by atoms with Gasteiger partial charge in [0.2, 0.25) is 0 Å². The van der Waals surface area contributed by atoms with Crippen LogP contribution in [0, 0.1) is 0 Å². The quantitative estimate of drug-likeness (QED) is 0.449. The Hall–Kier alpha value is -0.500. The second kappa shape index (κ2) is 9.72. The topological polar surface area (TPSA) is 43.5 Å². The summed E-state index contributed by atoms with van der Waals surface area (Å²) >= 11 is 0. The van der Waals surface area contributed by atoms with Crippen LogP contribution in [0.2, 0.25) is 0 Å². The van der Waals surface area contributed by atoms with Crippen LogP contribution in [0.25, 0.3) is 0 Å². The fraction of sp³-hybridized carbons (Fsp3) is 0.333. The number of rotatable bonds is 1. The smallest absolute Gasteiger partial charge is 0.00275 e. The molecule has 0 atom stereocenters. The lowest BCUT2D eigenvalue weighted by Gasteiger charge is -1.70. The van der Waals surface area contributed by atoms with E-state index in [2.05, 4.69) is 11.9 Å². The molecule has 32 valence electrons. The number of hydrogen-bond acceptors (Lipinski definition) is 1. The minimum Gasteiger partial charge on any atom is -0.412 e. The van der Waals surface area contributed by atoms with Crippen LogP contribution in [0.4, 0.5) is 0 Å². The van der Waals surface area contributed by atoms with Gasteiger partial charge in [-0.05, 0) is 6.20 Å². The van der Waals surface area contributed by atoms with Crippen molar-refractivity contribution in [3.63, 3.8) is 0 Å². The maximum absolute atomic E-state index is 3.37. The SMILES string of the molecule is C=CNC.O. The minimum atomic E-state index is 0. The Labute approximate surface area is 31.8 Å². The molecule has 0 radical (unpaired) electrons. The summed E-state index contributed by atoms with van der Waals surface area (Å²) in [6.07, 6.45) is 1.62. The van der Waals surface area contributed by atoms with Gasteiger partial charge in [-0.25, -0.2) is 0 Å². The lowest BCUT2D eigenvalue weighted by Crippen LogP contribution is -1.87. The van der Waals surface area contributed by atoms with E-state index in [0.29, 0.717) is 0 Å². The van der Waals surface area contributed by atoms with Gasteiger partial charge in [-0.3, -0.25) is 0 Å². The van der Waals surface area contributed by atoms with E-state index in [1.807, 2.05) is 7.05 Å². The van der Waals surface area contributed by atoms with Crippen LogP contribution >= 0.6 is 0 Å². The predicted molar refractivity (Wildman–Crippen MR) is 22.9 cm³/mol. The highest BCUT2D eigenvalue weighted by molar-refractivity contribution is 4.55. The zero-order valence-corrected chi connectivity index (χ0v) is 3.28. The molecule has 0 aromatic heterocycles. The van der Waals surface area contributed by atoms with Gasteiger partial charge in [0.15, 0.2) is 0 Å². The summed E-state index contributed by atoms with van der Waals surface area (Å²) in [5.74, 6) is 0. The van der Waals surface area contributed by atoms with Crippen LogP contribution in [0.15, 0.2) is 12.8 Å². The van der Waals surface area contributed by atoms with Gasteiger partial charge in [0.1, 0.15) is 0 Å². The summed E-state index contributed by atoms with van der Waals surface area (Å²) < 4.78 is 0. The zero-order valence-electron chi connectivity index (χ0n) is 3.28. The molecular weight excluding hydrogens is 66.0 g/mol. The molecule has 0 unspecified atom stereocenters. The van der Waals surface area contributed by atoms with Gasteiger partial charge in [0.25, 0.3) is 0 Å². The van der Waals surface area contributed by atoms with E-state index >= 15 is 0 Å². The largest absolute Gasteiger partial charge is 0.412 e. The Morgan fingerprint density at radius 2 is 2.00 bits per heavy atom. The molecule has 0 rings (SSSR count). The normalized spacial score (nSPS) is 4.20. The van der Waals surface area contributed by atoms with Crippen molar-refractivity contribution < 1.29 is 5.48 Å². The average molecular weight is 75.1 g/mol. The molecule has 3 N–H and O–H groups in total. The summed E-state index contributed by atoms with van der Waals surface area (Å²) in [7, 11) is 1.81. The minimum absolute atomic E-state index is 0. The van der Waals surface area contributed by atoms with Crippen molar-refractivity contribution in [2.45, 2.75) is 0 Å². The van der Waals surface area contributed by atoms with E-state index in [1.165, 1.54) is 0 Å². The lowest BCUT2D eigenvalue weighted by atomic mass is 11.0. The van der Waals surface area contributed by atoms with Gasteiger partial charge >= 0.3 is 0 Å². The van der Waals surface area contributed by atoms with Gasteiger partial charge in [0.05, 0.1) is 0 Å². The zero-order chi connectivity index (χ0) is 3.41. The molecule has 0 aliphatic carbocycles. The van der Waals surface area contributed by atoms with Crippen LogP contribution in [-0.2, 0) is 0 Å². The first-order valence-corrected chi connectivity index (χ1v) is 1.20. The first-order valence-electron chi connectivity index (χ1n) is 1.20. The molecule has 5 heavy (non-hydrogen) atoms. The van der Waals surface area contributed by atoms with E-state index in [-0.39, 0.29) is 5.48 Å². The molecule has 0 saturated heterocycles. The number of hydrogen-bond donors (Lipinski definition) is 1. The van der Waals surface area contributed by atoms with Crippen molar-refractivity contribution in [3.05, 3.63) is 12.8 Å². The molecule has 0 aliphatic heterocycles. The Balaban J connectivity index is 0. The van der Waals surface area contributed by atoms with E-state index in [4.69, 9.17) is 0 Å². The Kier molecular flexibility index (Phi) is 17.1. The average Bonchev–Trinajstić information content (AvgIpc) is 1.37. The van der Waals surface area contributed by atoms with Crippen LogP contribution < -0.4 is 5.32 Å². The first-order chi connectivity index (χ1) is 1.91. The third-order valence-corrected chi connectivity index (χ3v) is 0.204. The highest BCUT2D eigenvalue weighted by Gasteiger charge is 1.35. The number of nitrogens with one attached hydrogen (secondary N) is 1. The van der Waals surface area contributed by atoms with E-state index in [0.717, 1.165) is 0 Å². The van der Waals surface area contributed by atoms with Crippen LogP contribution in [0.5, 0.6) is 0 Å². The third kappa shape index (κ3) is 31.5. The maximum Gasteiger partial charge on any atom is 0.00275 e. The lowest BCUT2D eigenvalue weighted by molar-refractivity contribution is 0.824. The Morgan fingerprint density at radius 3 is 2.00 bits per heavy atom. The van der Waals surface area contributed by atoms with Gasteiger partial charge in [-0.1, -0.05) is 6.58 Å². The fourth-order valence-corrected chi connectivity index (χ4v) is 0. The molecule has 0 aromatic rings. The van der Waals surface area contributed by atoms with Gasteiger partial charge in [0, 0.05) is 7.05 Å². The van der Waals surface area contributed by atoms with Gasteiger partial charge in [-0.15, -0.1) is 0 Å².